The van der Waals surface area contributed by atoms with Crippen molar-refractivity contribution in [1.29, 1.82) is 0 Å². The standard InChI is InChI=1S/C11H13NO3/c1-3-15-12-10(11(13)14)9-7-5-4-6-8(9)2/h4-7H,3H2,1-2H3,(H,13,14). The van der Waals surface area contributed by atoms with Gasteiger partial charge in [-0.05, 0) is 19.4 Å². The molecule has 0 aliphatic heterocycles. The largest absolute Gasteiger partial charge is 0.476 e. The van der Waals surface area contributed by atoms with E-state index in [1.807, 2.05) is 19.1 Å². The Morgan fingerprint density at radius 2 is 2.13 bits per heavy atom. The van der Waals surface area contributed by atoms with Crippen LogP contribution >= 0.6 is 0 Å². The number of carbonyl (C=O) groups is 1. The minimum absolute atomic E-state index is 0.0602. The predicted octanol–water partition coefficient (Wildman–Crippen LogP) is 1.82. The highest BCUT2D eigenvalue weighted by Gasteiger charge is 2.15. The van der Waals surface area contributed by atoms with Crippen molar-refractivity contribution in [3.05, 3.63) is 35.4 Å². The normalized spacial score (nSPS) is 11.2. The van der Waals surface area contributed by atoms with E-state index in [4.69, 9.17) is 9.94 Å². The van der Waals surface area contributed by atoms with Crippen LogP contribution in [0.3, 0.4) is 0 Å². The fourth-order valence-electron chi connectivity index (χ4n) is 1.17. The molecule has 0 heterocycles. The summed E-state index contributed by atoms with van der Waals surface area (Å²) in [7, 11) is 0. The Hall–Kier alpha value is -1.84. The molecule has 1 rings (SSSR count). The molecule has 1 N–H and O–H groups in total. The molecule has 0 amide bonds. The second-order valence-corrected chi connectivity index (χ2v) is 2.98. The summed E-state index contributed by atoms with van der Waals surface area (Å²) in [5.41, 5.74) is 1.38. The minimum Gasteiger partial charge on any atom is -0.476 e. The molecule has 0 aliphatic rings. The quantitative estimate of drug-likeness (QED) is 0.605. The van der Waals surface area contributed by atoms with Crippen molar-refractivity contribution in [1.82, 2.24) is 0 Å². The number of aryl methyl sites for hydroxylation is 1. The van der Waals surface area contributed by atoms with Crippen LogP contribution in [0.2, 0.25) is 0 Å². The summed E-state index contributed by atoms with van der Waals surface area (Å²) in [6, 6.07) is 7.16. The lowest BCUT2D eigenvalue weighted by molar-refractivity contribution is -0.129. The van der Waals surface area contributed by atoms with Gasteiger partial charge in [-0.1, -0.05) is 29.4 Å². The van der Waals surface area contributed by atoms with E-state index in [0.29, 0.717) is 12.2 Å². The van der Waals surface area contributed by atoms with Crippen molar-refractivity contribution in [3.63, 3.8) is 0 Å². The zero-order valence-electron chi connectivity index (χ0n) is 8.73. The van der Waals surface area contributed by atoms with Crippen LogP contribution in [0.25, 0.3) is 0 Å². The minimum atomic E-state index is -1.09. The van der Waals surface area contributed by atoms with Crippen LogP contribution in [0, 0.1) is 6.92 Å². The van der Waals surface area contributed by atoms with Gasteiger partial charge in [0.2, 0.25) is 0 Å². The number of carboxylic acids is 1. The molecule has 4 heteroatoms. The fraction of sp³-hybridized carbons (Fsp3) is 0.273. The number of aliphatic carboxylic acids is 1. The van der Waals surface area contributed by atoms with Gasteiger partial charge in [-0.2, -0.15) is 0 Å². The average molecular weight is 207 g/mol. The molecule has 0 saturated heterocycles. The van der Waals surface area contributed by atoms with Crippen molar-refractivity contribution in [3.8, 4) is 0 Å². The maximum atomic E-state index is 10.9. The molecule has 0 bridgehead atoms. The summed E-state index contributed by atoms with van der Waals surface area (Å²) in [4.78, 5) is 15.7. The Morgan fingerprint density at radius 3 is 2.67 bits per heavy atom. The highest BCUT2D eigenvalue weighted by Crippen LogP contribution is 2.09. The summed E-state index contributed by atoms with van der Waals surface area (Å²) in [5, 5.41) is 12.6. The van der Waals surface area contributed by atoms with Gasteiger partial charge in [-0.15, -0.1) is 0 Å². The number of hydrogen-bond donors (Lipinski definition) is 1. The topological polar surface area (TPSA) is 58.9 Å². The molecule has 1 aromatic carbocycles. The molecular weight excluding hydrogens is 194 g/mol. The molecule has 80 valence electrons. The Morgan fingerprint density at radius 1 is 1.47 bits per heavy atom. The van der Waals surface area contributed by atoms with Gasteiger partial charge in [0.1, 0.15) is 6.61 Å². The van der Waals surface area contributed by atoms with Crippen LogP contribution in [0.5, 0.6) is 0 Å². The average Bonchev–Trinajstić information content (AvgIpc) is 2.20. The highest BCUT2D eigenvalue weighted by molar-refractivity contribution is 6.42. The van der Waals surface area contributed by atoms with E-state index in [1.165, 1.54) is 0 Å². The van der Waals surface area contributed by atoms with E-state index in [1.54, 1.807) is 19.1 Å². The van der Waals surface area contributed by atoms with Crippen LogP contribution in [-0.4, -0.2) is 23.4 Å². The lowest BCUT2D eigenvalue weighted by Gasteiger charge is -2.04. The summed E-state index contributed by atoms with van der Waals surface area (Å²) < 4.78 is 0. The Balaban J connectivity index is 3.10. The maximum absolute atomic E-state index is 10.9. The van der Waals surface area contributed by atoms with Gasteiger partial charge < -0.3 is 9.94 Å². The Labute approximate surface area is 88.2 Å². The lowest BCUT2D eigenvalue weighted by atomic mass is 10.0. The SMILES string of the molecule is CCON=C(C(=O)O)c1ccccc1C. The number of oxime groups is 1. The van der Waals surface area contributed by atoms with Crippen LogP contribution in [0.4, 0.5) is 0 Å². The molecule has 0 saturated carbocycles. The number of rotatable bonds is 4. The maximum Gasteiger partial charge on any atom is 0.358 e. The second kappa shape index (κ2) is 5.14. The predicted molar refractivity (Wildman–Crippen MR) is 57.0 cm³/mol. The molecule has 0 aromatic heterocycles. The first-order valence-electron chi connectivity index (χ1n) is 4.66. The molecule has 0 spiro atoms. The highest BCUT2D eigenvalue weighted by atomic mass is 16.6. The van der Waals surface area contributed by atoms with Crippen molar-refractivity contribution < 1.29 is 14.7 Å². The molecule has 0 atom stereocenters. The van der Waals surface area contributed by atoms with Crippen LogP contribution in [0.1, 0.15) is 18.1 Å². The van der Waals surface area contributed by atoms with Gasteiger partial charge in [0.05, 0.1) is 0 Å². The first-order valence-corrected chi connectivity index (χ1v) is 4.66. The van der Waals surface area contributed by atoms with Gasteiger partial charge in [-0.25, -0.2) is 4.79 Å². The van der Waals surface area contributed by atoms with Crippen LogP contribution in [-0.2, 0) is 9.63 Å². The summed E-state index contributed by atoms with van der Waals surface area (Å²) >= 11 is 0. The monoisotopic (exact) mass is 207 g/mol. The van der Waals surface area contributed by atoms with Gasteiger partial charge in [0, 0.05) is 5.56 Å². The van der Waals surface area contributed by atoms with Gasteiger partial charge >= 0.3 is 5.97 Å². The molecule has 0 fully saturated rings. The summed E-state index contributed by atoms with van der Waals surface area (Å²) in [5.74, 6) is -1.09. The van der Waals surface area contributed by atoms with Gasteiger partial charge in [0.15, 0.2) is 5.71 Å². The van der Waals surface area contributed by atoms with E-state index in [0.717, 1.165) is 5.56 Å². The summed E-state index contributed by atoms with van der Waals surface area (Å²) in [6.45, 7) is 3.93. The molecule has 0 aliphatic carbocycles. The third-order valence-electron chi connectivity index (χ3n) is 1.89. The van der Waals surface area contributed by atoms with Crippen LogP contribution in [0.15, 0.2) is 29.4 Å². The Kier molecular flexibility index (Phi) is 3.85. The van der Waals surface area contributed by atoms with Gasteiger partial charge in [-0.3, -0.25) is 0 Å². The van der Waals surface area contributed by atoms with E-state index < -0.39 is 5.97 Å². The van der Waals surface area contributed by atoms with Gasteiger partial charge in [0.25, 0.3) is 0 Å². The Bertz CT molecular complexity index is 385. The van der Waals surface area contributed by atoms with E-state index in [-0.39, 0.29) is 5.71 Å². The second-order valence-electron chi connectivity index (χ2n) is 2.98. The first-order chi connectivity index (χ1) is 7.16. The fourth-order valence-corrected chi connectivity index (χ4v) is 1.17. The lowest BCUT2D eigenvalue weighted by Crippen LogP contribution is -2.16. The van der Waals surface area contributed by atoms with E-state index in [2.05, 4.69) is 5.16 Å². The van der Waals surface area contributed by atoms with E-state index >= 15 is 0 Å². The van der Waals surface area contributed by atoms with Crippen molar-refractivity contribution in [2.45, 2.75) is 13.8 Å². The van der Waals surface area contributed by atoms with Crippen molar-refractivity contribution in [2.75, 3.05) is 6.61 Å². The number of nitrogens with zero attached hydrogens (tertiary/aromatic N) is 1. The number of hydrogen-bond acceptors (Lipinski definition) is 3. The summed E-state index contributed by atoms with van der Waals surface area (Å²) in [6.07, 6.45) is 0. The zero-order valence-corrected chi connectivity index (χ0v) is 8.73. The molecule has 4 nitrogen and oxygen atoms in total. The van der Waals surface area contributed by atoms with Crippen molar-refractivity contribution in [2.24, 2.45) is 5.16 Å². The zero-order chi connectivity index (χ0) is 11.3. The molecule has 15 heavy (non-hydrogen) atoms. The molecule has 0 unspecified atom stereocenters. The molecule has 0 radical (unpaired) electrons. The third kappa shape index (κ3) is 2.80. The van der Waals surface area contributed by atoms with Crippen LogP contribution < -0.4 is 0 Å². The van der Waals surface area contributed by atoms with Crippen molar-refractivity contribution >= 4 is 11.7 Å². The third-order valence-corrected chi connectivity index (χ3v) is 1.89. The van der Waals surface area contributed by atoms with E-state index in [9.17, 15) is 4.79 Å². The molecule has 1 aromatic rings. The number of carboxylic acid groups (broad SMARTS) is 1. The smallest absolute Gasteiger partial charge is 0.358 e. The number of benzene rings is 1. The first kappa shape index (κ1) is 11.2. The molecular formula is C11H13NO3.